The zero-order valence-corrected chi connectivity index (χ0v) is 36.7. The third-order valence-corrected chi connectivity index (χ3v) is 13.0. The van der Waals surface area contributed by atoms with Crippen molar-refractivity contribution in [1.29, 1.82) is 0 Å². The standard InChI is InChI=1S/C52H58B2N2O4/c1-10-11-15-38-18-28-44(29-19-38)56(48-36-26-42(27-37-48)54-59-51(6,7)52(8,9)60-54)46-32-22-40(23-33-46)39-20-30-45(31-21-39)55(43-16-13-12-14-17-43)47-34-24-41(25-35-47)53-57-49(2,3)50(4,5)58-53/h12-14,16-37H,10-11,15H2,1-9H3. The summed E-state index contributed by atoms with van der Waals surface area (Å²) < 4.78 is 25.4. The van der Waals surface area contributed by atoms with Crippen molar-refractivity contribution < 1.29 is 18.6 Å². The van der Waals surface area contributed by atoms with E-state index in [9.17, 15) is 0 Å². The zero-order valence-electron chi connectivity index (χ0n) is 36.7. The Balaban J connectivity index is 1.05. The number of hydrogen-bond donors (Lipinski definition) is 0. The van der Waals surface area contributed by atoms with Gasteiger partial charge >= 0.3 is 14.2 Å². The summed E-state index contributed by atoms with van der Waals surface area (Å²) in [6, 6.07) is 54.3. The van der Waals surface area contributed by atoms with Crippen molar-refractivity contribution >= 4 is 59.3 Å². The van der Waals surface area contributed by atoms with Gasteiger partial charge in [-0.25, -0.2) is 0 Å². The number of rotatable bonds is 12. The highest BCUT2D eigenvalue weighted by Crippen LogP contribution is 2.41. The van der Waals surface area contributed by atoms with E-state index in [4.69, 9.17) is 18.6 Å². The first kappa shape index (κ1) is 41.6. The number of benzene rings is 6. The van der Waals surface area contributed by atoms with Crippen molar-refractivity contribution in [2.24, 2.45) is 0 Å². The Kier molecular flexibility index (Phi) is 11.4. The van der Waals surface area contributed by atoms with Crippen LogP contribution in [0.3, 0.4) is 0 Å². The van der Waals surface area contributed by atoms with Gasteiger partial charge in [0.25, 0.3) is 0 Å². The highest BCUT2D eigenvalue weighted by atomic mass is 16.7. The number of aryl methyl sites for hydroxylation is 1. The maximum Gasteiger partial charge on any atom is 0.494 e. The monoisotopic (exact) mass is 796 g/mol. The molecule has 60 heavy (non-hydrogen) atoms. The van der Waals surface area contributed by atoms with Gasteiger partial charge in [0, 0.05) is 34.1 Å². The number of para-hydroxylation sites is 1. The van der Waals surface area contributed by atoms with Crippen molar-refractivity contribution in [3.63, 3.8) is 0 Å². The molecule has 0 radical (unpaired) electrons. The smallest absolute Gasteiger partial charge is 0.399 e. The first-order valence-corrected chi connectivity index (χ1v) is 21.5. The minimum atomic E-state index is -0.409. The Hall–Kier alpha value is -5.11. The molecule has 0 saturated carbocycles. The average Bonchev–Trinajstić information content (AvgIpc) is 3.61. The molecule has 0 unspecified atom stereocenters. The molecular weight excluding hydrogens is 738 g/mol. The van der Waals surface area contributed by atoms with Gasteiger partial charge in [0.2, 0.25) is 0 Å². The molecule has 2 fully saturated rings. The molecule has 6 aromatic rings. The number of hydrogen-bond acceptors (Lipinski definition) is 6. The lowest BCUT2D eigenvalue weighted by molar-refractivity contribution is 0.00578. The van der Waals surface area contributed by atoms with Gasteiger partial charge in [0.05, 0.1) is 22.4 Å². The maximum atomic E-state index is 6.37. The van der Waals surface area contributed by atoms with Gasteiger partial charge < -0.3 is 28.4 Å². The molecule has 8 rings (SSSR count). The first-order chi connectivity index (χ1) is 28.6. The van der Waals surface area contributed by atoms with Gasteiger partial charge in [0.1, 0.15) is 0 Å². The normalized spacial score (nSPS) is 17.5. The molecule has 0 aromatic heterocycles. The van der Waals surface area contributed by atoms with Crippen molar-refractivity contribution in [3.8, 4) is 11.1 Å². The van der Waals surface area contributed by atoms with Crippen LogP contribution in [0.2, 0.25) is 0 Å². The van der Waals surface area contributed by atoms with Gasteiger partial charge in [0.15, 0.2) is 0 Å². The summed E-state index contributed by atoms with van der Waals surface area (Å²) in [5, 5.41) is 0. The molecule has 0 atom stereocenters. The molecule has 2 heterocycles. The van der Waals surface area contributed by atoms with Gasteiger partial charge in [-0.05, 0) is 169 Å². The van der Waals surface area contributed by atoms with Crippen molar-refractivity contribution in [2.75, 3.05) is 9.80 Å². The Morgan fingerprint density at radius 2 is 0.683 bits per heavy atom. The SMILES string of the molecule is CCCCc1ccc(N(c2ccc(B3OC(C)(C)C(C)(C)O3)cc2)c2ccc(-c3ccc(N(c4ccccc4)c4ccc(B5OC(C)(C)C(C)(C)O5)cc4)cc3)cc2)cc1. The van der Waals surface area contributed by atoms with Crippen LogP contribution in [0.15, 0.2) is 152 Å². The molecule has 8 heteroatoms. The molecule has 0 N–H and O–H groups in total. The molecule has 2 aliphatic rings. The number of anilines is 6. The third kappa shape index (κ3) is 8.31. The van der Waals surface area contributed by atoms with E-state index < -0.39 is 36.6 Å². The fourth-order valence-corrected chi connectivity index (χ4v) is 7.79. The van der Waals surface area contributed by atoms with E-state index in [0.29, 0.717) is 0 Å². The topological polar surface area (TPSA) is 43.4 Å². The predicted octanol–water partition coefficient (Wildman–Crippen LogP) is 12.2. The van der Waals surface area contributed by atoms with Gasteiger partial charge in [-0.1, -0.05) is 92.2 Å². The minimum Gasteiger partial charge on any atom is -0.399 e. The number of unbranched alkanes of at least 4 members (excludes halogenated alkanes) is 1. The Labute approximate surface area is 358 Å². The molecule has 306 valence electrons. The predicted molar refractivity (Wildman–Crippen MR) is 251 cm³/mol. The second kappa shape index (κ2) is 16.4. The van der Waals surface area contributed by atoms with Crippen LogP contribution in [0.5, 0.6) is 0 Å². The summed E-state index contributed by atoms with van der Waals surface area (Å²) in [6.07, 6.45) is 3.46. The lowest BCUT2D eigenvalue weighted by atomic mass is 9.79. The second-order valence-corrected chi connectivity index (χ2v) is 18.2. The summed E-state index contributed by atoms with van der Waals surface area (Å²) in [7, 11) is -0.815. The second-order valence-electron chi connectivity index (χ2n) is 18.2. The molecule has 6 nitrogen and oxygen atoms in total. The van der Waals surface area contributed by atoms with Crippen LogP contribution in [-0.2, 0) is 25.0 Å². The number of nitrogens with zero attached hydrogens (tertiary/aromatic N) is 2. The Bertz CT molecular complexity index is 2330. The van der Waals surface area contributed by atoms with E-state index >= 15 is 0 Å². The van der Waals surface area contributed by atoms with Gasteiger partial charge in [-0.2, -0.15) is 0 Å². The summed E-state index contributed by atoms with van der Waals surface area (Å²) in [5.41, 5.74) is 10.6. The molecular formula is C52H58B2N2O4. The van der Waals surface area contributed by atoms with Crippen LogP contribution < -0.4 is 20.7 Å². The van der Waals surface area contributed by atoms with Crippen LogP contribution in [0.4, 0.5) is 34.1 Å². The van der Waals surface area contributed by atoms with Gasteiger partial charge in [-0.15, -0.1) is 0 Å². The van der Waals surface area contributed by atoms with Crippen LogP contribution >= 0.6 is 0 Å². The van der Waals surface area contributed by atoms with E-state index in [1.54, 1.807) is 0 Å². The average molecular weight is 797 g/mol. The largest absolute Gasteiger partial charge is 0.494 e. The first-order valence-electron chi connectivity index (χ1n) is 21.5. The Morgan fingerprint density at radius 1 is 0.383 bits per heavy atom. The van der Waals surface area contributed by atoms with Crippen molar-refractivity contribution in [2.45, 2.75) is 104 Å². The van der Waals surface area contributed by atoms with E-state index in [2.05, 4.69) is 224 Å². The van der Waals surface area contributed by atoms with Crippen molar-refractivity contribution in [3.05, 3.63) is 157 Å². The van der Waals surface area contributed by atoms with Crippen LogP contribution in [0.25, 0.3) is 11.1 Å². The fourth-order valence-electron chi connectivity index (χ4n) is 7.79. The highest BCUT2D eigenvalue weighted by Gasteiger charge is 2.52. The van der Waals surface area contributed by atoms with Crippen LogP contribution in [0.1, 0.15) is 80.7 Å². The fraction of sp³-hybridized carbons (Fsp3) is 0.308. The minimum absolute atomic E-state index is 0.392. The molecule has 2 aliphatic heterocycles. The van der Waals surface area contributed by atoms with E-state index in [1.807, 2.05) is 0 Å². The van der Waals surface area contributed by atoms with Crippen LogP contribution in [-0.4, -0.2) is 36.6 Å². The van der Waals surface area contributed by atoms with E-state index in [1.165, 1.54) is 18.4 Å². The summed E-state index contributed by atoms with van der Waals surface area (Å²) >= 11 is 0. The summed E-state index contributed by atoms with van der Waals surface area (Å²) in [4.78, 5) is 4.60. The molecule has 6 aromatic carbocycles. The molecule has 0 amide bonds. The highest BCUT2D eigenvalue weighted by molar-refractivity contribution is 6.62. The Morgan fingerprint density at radius 3 is 1.02 bits per heavy atom. The lowest BCUT2D eigenvalue weighted by Crippen LogP contribution is -2.41. The molecule has 0 bridgehead atoms. The maximum absolute atomic E-state index is 6.37. The van der Waals surface area contributed by atoms with E-state index in [0.717, 1.165) is 62.6 Å². The molecule has 0 spiro atoms. The lowest BCUT2D eigenvalue weighted by Gasteiger charge is -2.32. The summed E-state index contributed by atoms with van der Waals surface area (Å²) in [5.74, 6) is 0. The third-order valence-electron chi connectivity index (χ3n) is 13.0. The van der Waals surface area contributed by atoms with Gasteiger partial charge in [-0.3, -0.25) is 0 Å². The zero-order chi connectivity index (χ0) is 42.3. The molecule has 2 saturated heterocycles. The van der Waals surface area contributed by atoms with E-state index in [-0.39, 0.29) is 0 Å². The molecule has 0 aliphatic carbocycles. The van der Waals surface area contributed by atoms with Crippen LogP contribution in [0, 0.1) is 0 Å². The quantitative estimate of drug-likeness (QED) is 0.115. The van der Waals surface area contributed by atoms with Crippen molar-refractivity contribution in [1.82, 2.24) is 0 Å². The summed E-state index contributed by atoms with van der Waals surface area (Å²) in [6.45, 7) is 19.0.